The maximum absolute atomic E-state index is 13.7. The predicted molar refractivity (Wildman–Crippen MR) is 171 cm³/mol. The number of carbonyl (C=O) groups is 1. The van der Waals surface area contributed by atoms with Crippen LogP contribution in [0.3, 0.4) is 0 Å². The third-order valence-corrected chi connectivity index (χ3v) is 7.51. The number of aryl methyl sites for hydroxylation is 1. The molecule has 0 fully saturated rings. The molecule has 222 valence electrons. The van der Waals surface area contributed by atoms with Gasteiger partial charge in [-0.3, -0.25) is 0 Å². The highest BCUT2D eigenvalue weighted by Gasteiger charge is 2.10. The van der Waals surface area contributed by atoms with Gasteiger partial charge in [0.1, 0.15) is 29.7 Å². The average molecular weight is 632 g/mol. The molecule has 0 saturated heterocycles. The highest BCUT2D eigenvalue weighted by atomic mass is 35.5. The number of rotatable bonds is 10. The topological polar surface area (TPSA) is 55.8 Å². The molecule has 0 atom stereocenters. The number of hydrogen-bond acceptors (Lipinski definition) is 3. The molecule has 0 amide bonds. The van der Waals surface area contributed by atoms with Crippen LogP contribution in [-0.2, 0) is 4.79 Å². The second kappa shape index (κ2) is 13.8. The Bertz CT molecular complexity index is 1740. The van der Waals surface area contributed by atoms with Gasteiger partial charge in [0.25, 0.3) is 0 Å². The number of aliphatic carboxylic acids is 1. The van der Waals surface area contributed by atoms with Crippen molar-refractivity contribution in [3.05, 3.63) is 148 Å². The molecule has 0 aromatic heterocycles. The van der Waals surface area contributed by atoms with Crippen LogP contribution in [0.2, 0.25) is 10.0 Å². The minimum atomic E-state index is -1.05. The van der Waals surface area contributed by atoms with Crippen molar-refractivity contribution < 1.29 is 28.2 Å². The fourth-order valence-corrected chi connectivity index (χ4v) is 5.03. The highest BCUT2D eigenvalue weighted by Crippen LogP contribution is 2.31. The first-order valence-electron chi connectivity index (χ1n) is 13.6. The van der Waals surface area contributed by atoms with E-state index < -0.39 is 24.2 Å². The van der Waals surface area contributed by atoms with E-state index in [9.17, 15) is 13.6 Å². The first-order valence-corrected chi connectivity index (χ1v) is 14.3. The zero-order valence-electron chi connectivity index (χ0n) is 23.5. The lowest BCUT2D eigenvalue weighted by Crippen LogP contribution is -2.10. The third-order valence-electron chi connectivity index (χ3n) is 6.93. The minimum absolute atomic E-state index is 0.0589. The van der Waals surface area contributed by atoms with E-state index in [0.717, 1.165) is 44.5 Å². The fourth-order valence-electron chi connectivity index (χ4n) is 4.67. The van der Waals surface area contributed by atoms with E-state index >= 15 is 0 Å². The Morgan fingerprint density at radius 3 is 1.66 bits per heavy atom. The van der Waals surface area contributed by atoms with Crippen molar-refractivity contribution in [1.29, 1.82) is 0 Å². The quantitative estimate of drug-likeness (QED) is 0.167. The molecule has 5 aromatic carbocycles. The summed E-state index contributed by atoms with van der Waals surface area (Å²) in [5.41, 5.74) is 6.88. The van der Waals surface area contributed by atoms with Crippen LogP contribution in [0.1, 0.15) is 16.7 Å². The van der Waals surface area contributed by atoms with Crippen molar-refractivity contribution >= 4 is 34.7 Å². The van der Waals surface area contributed by atoms with Crippen LogP contribution < -0.4 is 9.47 Å². The summed E-state index contributed by atoms with van der Waals surface area (Å²) in [6.07, 6.45) is 1.97. The van der Waals surface area contributed by atoms with Crippen molar-refractivity contribution in [2.75, 3.05) is 13.2 Å². The molecule has 5 aromatic rings. The van der Waals surface area contributed by atoms with Gasteiger partial charge in [-0.2, -0.15) is 0 Å². The van der Waals surface area contributed by atoms with Crippen LogP contribution in [-0.4, -0.2) is 24.3 Å². The molecule has 0 spiro atoms. The third kappa shape index (κ3) is 7.46. The van der Waals surface area contributed by atoms with E-state index in [0.29, 0.717) is 11.5 Å². The number of carboxylic acids is 1. The first kappa shape index (κ1) is 30.8. The van der Waals surface area contributed by atoms with Crippen LogP contribution in [0, 0.1) is 18.6 Å². The number of ether oxygens (including phenoxy) is 2. The van der Waals surface area contributed by atoms with E-state index in [4.69, 9.17) is 37.8 Å². The zero-order chi connectivity index (χ0) is 31.2. The molecule has 0 aliphatic rings. The van der Waals surface area contributed by atoms with Crippen molar-refractivity contribution in [3.63, 3.8) is 0 Å². The monoisotopic (exact) mass is 630 g/mol. The van der Waals surface area contributed by atoms with Crippen LogP contribution >= 0.6 is 23.2 Å². The molecular weight excluding hydrogens is 605 g/mol. The fraction of sp³-hybridized carbons (Fsp3) is 0.0833. The second-order valence-electron chi connectivity index (χ2n) is 9.95. The van der Waals surface area contributed by atoms with Crippen molar-refractivity contribution in [1.82, 2.24) is 0 Å². The molecule has 0 saturated carbocycles. The maximum Gasteiger partial charge on any atom is 0.341 e. The molecular formula is C36H26Cl2F2O4. The zero-order valence-corrected chi connectivity index (χ0v) is 25.0. The van der Waals surface area contributed by atoms with Gasteiger partial charge >= 0.3 is 5.97 Å². The Hall–Kier alpha value is -4.65. The van der Waals surface area contributed by atoms with Crippen molar-refractivity contribution in [2.24, 2.45) is 0 Å². The van der Waals surface area contributed by atoms with Crippen LogP contribution in [0.25, 0.3) is 27.8 Å². The van der Waals surface area contributed by atoms with Crippen LogP contribution in [0.15, 0.2) is 109 Å². The highest BCUT2D eigenvalue weighted by molar-refractivity contribution is 6.31. The molecule has 0 unspecified atom stereocenters. The minimum Gasteiger partial charge on any atom is -0.489 e. The van der Waals surface area contributed by atoms with E-state index in [1.54, 1.807) is 42.5 Å². The molecule has 0 heterocycles. The normalized spacial score (nSPS) is 10.8. The van der Waals surface area contributed by atoms with Crippen molar-refractivity contribution in [2.45, 2.75) is 6.92 Å². The Morgan fingerprint density at radius 1 is 0.705 bits per heavy atom. The first-order chi connectivity index (χ1) is 21.2. The predicted octanol–water partition coefficient (Wildman–Crippen LogP) is 9.89. The van der Waals surface area contributed by atoms with Gasteiger partial charge in [0.05, 0.1) is 10.0 Å². The molecule has 0 aliphatic carbocycles. The molecule has 5 rings (SSSR count). The summed E-state index contributed by atoms with van der Waals surface area (Å²) < 4.78 is 38.7. The Balaban J connectivity index is 1.42. The molecule has 1 N–H and O–H groups in total. The van der Waals surface area contributed by atoms with Gasteiger partial charge in [0.2, 0.25) is 0 Å². The maximum atomic E-state index is 13.7. The van der Waals surface area contributed by atoms with Crippen LogP contribution in [0.4, 0.5) is 8.78 Å². The van der Waals surface area contributed by atoms with Crippen molar-refractivity contribution in [3.8, 4) is 33.8 Å². The standard InChI is InChI=1S/C36H26Cl2F2O4/c1-22-18-29(12-15-35(22)44-21-36(41)42)43-17-16-30(25-6-2-23(3-7-25)27-10-13-33(39)31(37)19-27)26-8-4-24(5-9-26)28-11-14-34(40)32(38)20-28/h2-16,18-20H,17,21H2,1H3,(H,41,42). The summed E-state index contributed by atoms with van der Waals surface area (Å²) in [7, 11) is 0. The second-order valence-corrected chi connectivity index (χ2v) is 10.8. The van der Waals surface area contributed by atoms with Gasteiger partial charge in [-0.25, -0.2) is 13.6 Å². The molecule has 0 radical (unpaired) electrons. The smallest absolute Gasteiger partial charge is 0.341 e. The summed E-state index contributed by atoms with van der Waals surface area (Å²) in [6.45, 7) is 1.64. The van der Waals surface area contributed by atoms with Gasteiger partial charge < -0.3 is 14.6 Å². The lowest BCUT2D eigenvalue weighted by Gasteiger charge is -2.13. The lowest BCUT2D eigenvalue weighted by atomic mass is 9.94. The Labute approximate surface area is 263 Å². The largest absolute Gasteiger partial charge is 0.489 e. The van der Waals surface area contributed by atoms with Crippen LogP contribution in [0.5, 0.6) is 11.5 Å². The Kier molecular flexibility index (Phi) is 9.63. The molecule has 0 bridgehead atoms. The Morgan fingerprint density at radius 2 is 1.20 bits per heavy atom. The summed E-state index contributed by atoms with van der Waals surface area (Å²) >= 11 is 12.0. The number of benzene rings is 5. The summed E-state index contributed by atoms with van der Waals surface area (Å²) in [4.78, 5) is 10.8. The SMILES string of the molecule is Cc1cc(OCC=C(c2ccc(-c3ccc(F)c(Cl)c3)cc2)c2ccc(-c3ccc(F)c(Cl)c3)cc2)ccc1OCC(=O)O. The van der Waals surface area contributed by atoms with E-state index in [2.05, 4.69) is 0 Å². The average Bonchev–Trinajstić information content (AvgIpc) is 3.02. The van der Waals surface area contributed by atoms with E-state index in [-0.39, 0.29) is 16.7 Å². The lowest BCUT2D eigenvalue weighted by molar-refractivity contribution is -0.139. The molecule has 4 nitrogen and oxygen atoms in total. The molecule has 0 aliphatic heterocycles. The van der Waals surface area contributed by atoms with Gasteiger partial charge in [0.15, 0.2) is 6.61 Å². The van der Waals surface area contributed by atoms with Gasteiger partial charge in [0, 0.05) is 0 Å². The summed E-state index contributed by atoms with van der Waals surface area (Å²) in [6, 6.07) is 30.1. The van der Waals surface area contributed by atoms with Gasteiger partial charge in [-0.05, 0) is 100.0 Å². The number of halogens is 4. The molecule has 8 heteroatoms. The van der Waals surface area contributed by atoms with Gasteiger partial charge in [-0.1, -0.05) is 83.9 Å². The number of carboxylic acid groups (broad SMARTS) is 1. The van der Waals surface area contributed by atoms with Gasteiger partial charge in [-0.15, -0.1) is 0 Å². The molecule has 44 heavy (non-hydrogen) atoms. The summed E-state index contributed by atoms with van der Waals surface area (Å²) in [5.74, 6) is -0.914. The number of hydrogen-bond donors (Lipinski definition) is 1. The van der Waals surface area contributed by atoms with E-state index in [1.165, 1.54) is 12.1 Å². The summed E-state index contributed by atoms with van der Waals surface area (Å²) in [5, 5.41) is 8.99. The van der Waals surface area contributed by atoms with E-state index in [1.807, 2.05) is 61.5 Å².